The minimum Gasteiger partial charge on any atom is -0.298 e. The van der Waals surface area contributed by atoms with Crippen LogP contribution in [0.2, 0.25) is 0 Å². The predicted molar refractivity (Wildman–Crippen MR) is 86.9 cm³/mol. The molecule has 0 saturated carbocycles. The lowest BCUT2D eigenvalue weighted by Crippen LogP contribution is -2.41. The Balaban J connectivity index is 0.00000324. The molecule has 1 heterocycles. The smallest absolute Gasteiger partial charge is 0.0113 e. The van der Waals surface area contributed by atoms with Gasteiger partial charge in [0.15, 0.2) is 0 Å². The molecule has 1 aliphatic heterocycles. The van der Waals surface area contributed by atoms with Crippen LogP contribution < -0.4 is 0 Å². The first-order valence-electron chi connectivity index (χ1n) is 7.64. The van der Waals surface area contributed by atoms with Gasteiger partial charge >= 0.3 is 0 Å². The summed E-state index contributed by atoms with van der Waals surface area (Å²) in [5.41, 5.74) is 0. The molecule has 1 aliphatic rings. The highest BCUT2D eigenvalue weighted by Crippen LogP contribution is 2.08. The molecule has 1 rings (SSSR count). The number of rotatable bonds is 3. The maximum absolute atomic E-state index is 2.62. The first-order valence-corrected chi connectivity index (χ1v) is 7.64. The van der Waals surface area contributed by atoms with Gasteiger partial charge in [-0.15, -0.1) is 0 Å². The van der Waals surface area contributed by atoms with Crippen LogP contribution in [0.5, 0.6) is 0 Å². The number of hydrogen-bond donors (Lipinski definition) is 0. The van der Waals surface area contributed by atoms with Gasteiger partial charge in [0.2, 0.25) is 0 Å². The van der Waals surface area contributed by atoms with Crippen LogP contribution in [-0.2, 0) is 0 Å². The van der Waals surface area contributed by atoms with Gasteiger partial charge in [-0.05, 0) is 41.5 Å². The largest absolute Gasteiger partial charge is 0.298 e. The SMILES string of the molecule is C.CC(C)N1CCN(C(C)C)CCN(C(C)C)CC1. The van der Waals surface area contributed by atoms with Crippen molar-refractivity contribution in [1.82, 2.24) is 14.7 Å². The van der Waals surface area contributed by atoms with E-state index in [4.69, 9.17) is 0 Å². The van der Waals surface area contributed by atoms with Gasteiger partial charge in [-0.3, -0.25) is 14.7 Å². The van der Waals surface area contributed by atoms with E-state index >= 15 is 0 Å². The second kappa shape index (κ2) is 8.93. The molecule has 0 unspecified atom stereocenters. The normalized spacial score (nSPS) is 21.3. The van der Waals surface area contributed by atoms with Crippen LogP contribution in [0.3, 0.4) is 0 Å². The molecule has 0 radical (unpaired) electrons. The van der Waals surface area contributed by atoms with E-state index in [0.717, 1.165) is 0 Å². The van der Waals surface area contributed by atoms with E-state index in [-0.39, 0.29) is 7.43 Å². The van der Waals surface area contributed by atoms with E-state index in [1.807, 2.05) is 0 Å². The molecule has 1 fully saturated rings. The van der Waals surface area contributed by atoms with Crippen LogP contribution in [0.1, 0.15) is 49.0 Å². The fourth-order valence-electron chi connectivity index (χ4n) is 2.66. The molecule has 1 saturated heterocycles. The molecular weight excluding hydrogens is 234 g/mol. The highest BCUT2D eigenvalue weighted by atomic mass is 15.3. The standard InChI is InChI=1S/C15H33N3.CH4/c1-13(2)16-7-9-17(14(3)4)11-12-18(10-8-16)15(5)6;/h13-15H,7-12H2,1-6H3;1H4. The van der Waals surface area contributed by atoms with Crippen molar-refractivity contribution >= 4 is 0 Å². The molecule has 0 N–H and O–H groups in total. The Morgan fingerprint density at radius 3 is 0.737 bits per heavy atom. The highest BCUT2D eigenvalue weighted by molar-refractivity contribution is 4.76. The van der Waals surface area contributed by atoms with Crippen molar-refractivity contribution in [2.24, 2.45) is 0 Å². The van der Waals surface area contributed by atoms with Crippen molar-refractivity contribution in [1.29, 1.82) is 0 Å². The second-order valence-corrected chi connectivity index (χ2v) is 6.39. The van der Waals surface area contributed by atoms with E-state index in [2.05, 4.69) is 56.2 Å². The average molecular weight is 271 g/mol. The molecule has 0 aromatic heterocycles. The van der Waals surface area contributed by atoms with Crippen molar-refractivity contribution in [2.45, 2.75) is 67.1 Å². The van der Waals surface area contributed by atoms with Crippen molar-refractivity contribution in [3.8, 4) is 0 Å². The average Bonchev–Trinajstić information content (AvgIpc) is 2.37. The van der Waals surface area contributed by atoms with Crippen molar-refractivity contribution in [2.75, 3.05) is 39.3 Å². The number of nitrogens with zero attached hydrogens (tertiary/aromatic N) is 3. The van der Waals surface area contributed by atoms with Gasteiger partial charge in [0.05, 0.1) is 0 Å². The van der Waals surface area contributed by atoms with Crippen LogP contribution >= 0.6 is 0 Å². The minimum atomic E-state index is 0. The van der Waals surface area contributed by atoms with Gasteiger partial charge < -0.3 is 0 Å². The molecular formula is C16H37N3. The summed E-state index contributed by atoms with van der Waals surface area (Å²) in [6.45, 7) is 21.2. The summed E-state index contributed by atoms with van der Waals surface area (Å²) in [6, 6.07) is 1.98. The minimum absolute atomic E-state index is 0. The van der Waals surface area contributed by atoms with E-state index in [9.17, 15) is 0 Å². The first-order chi connectivity index (χ1) is 8.41. The van der Waals surface area contributed by atoms with Gasteiger partial charge in [-0.2, -0.15) is 0 Å². The fraction of sp³-hybridized carbons (Fsp3) is 1.00. The zero-order chi connectivity index (χ0) is 13.7. The lowest BCUT2D eigenvalue weighted by Gasteiger charge is -2.30. The summed E-state index contributed by atoms with van der Waals surface area (Å²) in [7, 11) is 0. The molecule has 0 aliphatic carbocycles. The fourth-order valence-corrected chi connectivity index (χ4v) is 2.66. The van der Waals surface area contributed by atoms with Crippen LogP contribution in [0.15, 0.2) is 0 Å². The zero-order valence-corrected chi connectivity index (χ0v) is 13.3. The van der Waals surface area contributed by atoms with Gasteiger partial charge in [0.1, 0.15) is 0 Å². The molecule has 0 aromatic carbocycles. The first kappa shape index (κ1) is 18.9. The summed E-state index contributed by atoms with van der Waals surface area (Å²) < 4.78 is 0. The van der Waals surface area contributed by atoms with E-state index in [0.29, 0.717) is 18.1 Å². The van der Waals surface area contributed by atoms with Gasteiger partial charge in [-0.1, -0.05) is 7.43 Å². The molecule has 3 heteroatoms. The highest BCUT2D eigenvalue weighted by Gasteiger charge is 2.20. The maximum Gasteiger partial charge on any atom is 0.0113 e. The van der Waals surface area contributed by atoms with Crippen LogP contribution in [-0.4, -0.2) is 72.1 Å². The molecule has 3 nitrogen and oxygen atoms in total. The summed E-state index contributed by atoms with van der Waals surface area (Å²) in [6.07, 6.45) is 0. The van der Waals surface area contributed by atoms with Crippen molar-refractivity contribution in [3.05, 3.63) is 0 Å². The molecule has 0 aromatic rings. The Hall–Kier alpha value is -0.120. The second-order valence-electron chi connectivity index (χ2n) is 6.39. The third kappa shape index (κ3) is 6.24. The van der Waals surface area contributed by atoms with E-state index < -0.39 is 0 Å². The summed E-state index contributed by atoms with van der Waals surface area (Å²) in [5.74, 6) is 0. The monoisotopic (exact) mass is 271 g/mol. The van der Waals surface area contributed by atoms with E-state index in [1.54, 1.807) is 0 Å². The molecule has 19 heavy (non-hydrogen) atoms. The molecule has 116 valence electrons. The number of hydrogen-bond acceptors (Lipinski definition) is 3. The Kier molecular flexibility index (Phi) is 8.88. The molecule has 0 bridgehead atoms. The van der Waals surface area contributed by atoms with Gasteiger partial charge in [0, 0.05) is 57.4 Å². The lowest BCUT2D eigenvalue weighted by molar-refractivity contribution is 0.169. The third-order valence-electron chi connectivity index (χ3n) is 4.21. The van der Waals surface area contributed by atoms with Crippen molar-refractivity contribution in [3.63, 3.8) is 0 Å². The summed E-state index contributed by atoms with van der Waals surface area (Å²) >= 11 is 0. The Labute approximate surface area is 121 Å². The summed E-state index contributed by atoms with van der Waals surface area (Å²) in [5, 5.41) is 0. The summed E-state index contributed by atoms with van der Waals surface area (Å²) in [4.78, 5) is 7.86. The Morgan fingerprint density at radius 2 is 0.632 bits per heavy atom. The molecule has 0 spiro atoms. The molecule has 0 amide bonds. The van der Waals surface area contributed by atoms with Crippen LogP contribution in [0.4, 0.5) is 0 Å². The quantitative estimate of drug-likeness (QED) is 0.781. The predicted octanol–water partition coefficient (Wildman–Crippen LogP) is 2.77. The van der Waals surface area contributed by atoms with Gasteiger partial charge in [0.25, 0.3) is 0 Å². The van der Waals surface area contributed by atoms with Crippen molar-refractivity contribution < 1.29 is 0 Å². The van der Waals surface area contributed by atoms with Crippen LogP contribution in [0.25, 0.3) is 0 Å². The Bertz CT molecular complexity index is 176. The topological polar surface area (TPSA) is 9.72 Å². The lowest BCUT2D eigenvalue weighted by atomic mass is 10.3. The third-order valence-corrected chi connectivity index (χ3v) is 4.21. The van der Waals surface area contributed by atoms with E-state index in [1.165, 1.54) is 39.3 Å². The van der Waals surface area contributed by atoms with Crippen LogP contribution in [0, 0.1) is 0 Å². The van der Waals surface area contributed by atoms with Gasteiger partial charge in [-0.25, -0.2) is 0 Å². The zero-order valence-electron chi connectivity index (χ0n) is 13.3. The maximum atomic E-state index is 2.62. The Morgan fingerprint density at radius 1 is 0.474 bits per heavy atom. The molecule has 0 atom stereocenters.